The molecule has 4 heterocycles. The van der Waals surface area contributed by atoms with Gasteiger partial charge in [0.15, 0.2) is 0 Å². The van der Waals surface area contributed by atoms with Gasteiger partial charge in [-0.15, -0.1) is 11.3 Å². The van der Waals surface area contributed by atoms with Gasteiger partial charge >= 0.3 is 0 Å². The number of carbonyl (C=O) groups excluding carboxylic acids is 1. The van der Waals surface area contributed by atoms with Crippen LogP contribution in [0.4, 0.5) is 0 Å². The Bertz CT molecular complexity index is 717. The molecule has 134 valence electrons. The first-order chi connectivity index (χ1) is 12.2. The Kier molecular flexibility index (Phi) is 4.67. The molecule has 1 amide bonds. The lowest BCUT2D eigenvalue weighted by Gasteiger charge is -2.47. The largest absolute Gasteiger partial charge is 0.371 e. The molecule has 2 aromatic rings. The molecular weight excluding hydrogens is 334 g/mol. The van der Waals surface area contributed by atoms with Crippen molar-refractivity contribution in [2.45, 2.75) is 25.0 Å². The van der Waals surface area contributed by atoms with Crippen LogP contribution in [-0.2, 0) is 18.3 Å². The Morgan fingerprint density at radius 1 is 1.24 bits per heavy atom. The molecule has 4 rings (SSSR count). The first-order valence-electron chi connectivity index (χ1n) is 8.95. The van der Waals surface area contributed by atoms with Crippen LogP contribution in [0, 0.1) is 0 Å². The van der Waals surface area contributed by atoms with E-state index < -0.39 is 0 Å². The smallest absolute Gasteiger partial charge is 0.264 e. The second-order valence-corrected chi connectivity index (χ2v) is 8.07. The predicted octanol–water partition coefficient (Wildman–Crippen LogP) is 2.59. The third kappa shape index (κ3) is 3.52. The molecule has 2 saturated heterocycles. The highest BCUT2D eigenvalue weighted by atomic mass is 32.1. The fourth-order valence-electron chi connectivity index (χ4n) is 3.89. The summed E-state index contributed by atoms with van der Waals surface area (Å²) in [4.78, 5) is 18.0. The Labute approximate surface area is 152 Å². The van der Waals surface area contributed by atoms with E-state index in [1.54, 1.807) is 0 Å². The summed E-state index contributed by atoms with van der Waals surface area (Å²) in [6, 6.07) is 8.13. The quantitative estimate of drug-likeness (QED) is 0.845. The van der Waals surface area contributed by atoms with Crippen molar-refractivity contribution >= 4 is 17.2 Å². The third-order valence-electron chi connectivity index (χ3n) is 5.47. The van der Waals surface area contributed by atoms with Crippen LogP contribution in [0.25, 0.3) is 0 Å². The lowest BCUT2D eigenvalue weighted by molar-refractivity contribution is -0.128. The average molecular weight is 359 g/mol. The number of hydrogen-bond acceptors (Lipinski definition) is 4. The van der Waals surface area contributed by atoms with E-state index >= 15 is 0 Å². The third-order valence-corrected chi connectivity index (χ3v) is 6.33. The summed E-state index contributed by atoms with van der Waals surface area (Å²) in [5.41, 5.74) is 1.19. The van der Waals surface area contributed by atoms with E-state index in [-0.39, 0.29) is 11.5 Å². The first-order valence-corrected chi connectivity index (χ1v) is 9.83. The van der Waals surface area contributed by atoms with Crippen LogP contribution in [0.5, 0.6) is 0 Å². The maximum atomic E-state index is 12.7. The highest BCUT2D eigenvalue weighted by Gasteiger charge is 2.41. The Hall–Kier alpha value is -1.63. The monoisotopic (exact) mass is 359 g/mol. The lowest BCUT2D eigenvalue weighted by Crippen LogP contribution is -2.57. The fraction of sp³-hybridized carbons (Fsp3) is 0.526. The van der Waals surface area contributed by atoms with Gasteiger partial charge in [0.1, 0.15) is 0 Å². The standard InChI is InChI=1S/C19H25N3O2S/c1-20-8-2-4-16(20)14-21-9-6-19(7-10-21)15-22(11-12-24-19)18(23)17-5-3-13-25-17/h2-5,8,13H,6-7,9-12,14-15H2,1H3. The van der Waals surface area contributed by atoms with Crippen LogP contribution in [0.15, 0.2) is 35.8 Å². The van der Waals surface area contributed by atoms with E-state index in [2.05, 4.69) is 34.8 Å². The number of piperidine rings is 1. The summed E-state index contributed by atoms with van der Waals surface area (Å²) in [5, 5.41) is 1.96. The summed E-state index contributed by atoms with van der Waals surface area (Å²) in [6.07, 6.45) is 4.08. The molecule has 2 aliphatic rings. The number of nitrogens with zero attached hydrogens (tertiary/aromatic N) is 3. The predicted molar refractivity (Wildman–Crippen MR) is 98.8 cm³/mol. The van der Waals surface area contributed by atoms with Gasteiger partial charge in [0.2, 0.25) is 0 Å². The van der Waals surface area contributed by atoms with E-state index in [9.17, 15) is 4.79 Å². The average Bonchev–Trinajstić information content (AvgIpc) is 3.29. The molecule has 0 saturated carbocycles. The highest BCUT2D eigenvalue weighted by molar-refractivity contribution is 7.12. The van der Waals surface area contributed by atoms with Gasteiger partial charge < -0.3 is 14.2 Å². The number of aromatic nitrogens is 1. The van der Waals surface area contributed by atoms with Gasteiger partial charge in [0, 0.05) is 45.1 Å². The normalized spacial score (nSPS) is 20.9. The number of morpholine rings is 1. The van der Waals surface area contributed by atoms with E-state index in [4.69, 9.17) is 4.74 Å². The zero-order valence-electron chi connectivity index (χ0n) is 14.7. The van der Waals surface area contributed by atoms with Crippen LogP contribution in [0.1, 0.15) is 28.2 Å². The first kappa shape index (κ1) is 16.8. The number of aryl methyl sites for hydroxylation is 1. The fourth-order valence-corrected chi connectivity index (χ4v) is 4.58. The molecule has 2 aromatic heterocycles. The van der Waals surface area contributed by atoms with Gasteiger partial charge in [0.05, 0.1) is 23.6 Å². The lowest BCUT2D eigenvalue weighted by atomic mass is 9.89. The number of rotatable bonds is 3. The Morgan fingerprint density at radius 3 is 2.76 bits per heavy atom. The second kappa shape index (κ2) is 6.94. The molecule has 25 heavy (non-hydrogen) atoms. The minimum atomic E-state index is -0.157. The molecule has 0 N–H and O–H groups in total. The zero-order chi connectivity index (χ0) is 17.3. The molecule has 0 aromatic carbocycles. The minimum absolute atomic E-state index is 0.156. The molecular formula is C19H25N3O2S. The van der Waals surface area contributed by atoms with Gasteiger partial charge in [-0.3, -0.25) is 9.69 Å². The van der Waals surface area contributed by atoms with Crippen molar-refractivity contribution in [1.29, 1.82) is 0 Å². The van der Waals surface area contributed by atoms with Crippen molar-refractivity contribution in [1.82, 2.24) is 14.4 Å². The molecule has 0 radical (unpaired) electrons. The molecule has 0 aliphatic carbocycles. The van der Waals surface area contributed by atoms with Crippen molar-refractivity contribution in [3.63, 3.8) is 0 Å². The summed E-state index contributed by atoms with van der Waals surface area (Å²) in [6.45, 7) is 5.10. The topological polar surface area (TPSA) is 37.7 Å². The number of hydrogen-bond donors (Lipinski definition) is 0. The van der Waals surface area contributed by atoms with Gasteiger partial charge in [-0.2, -0.15) is 0 Å². The molecule has 2 aliphatic heterocycles. The maximum absolute atomic E-state index is 12.7. The second-order valence-electron chi connectivity index (χ2n) is 7.12. The highest BCUT2D eigenvalue weighted by Crippen LogP contribution is 2.31. The summed E-state index contributed by atoms with van der Waals surface area (Å²) < 4.78 is 8.37. The van der Waals surface area contributed by atoms with Gasteiger partial charge in [-0.25, -0.2) is 0 Å². The van der Waals surface area contributed by atoms with Crippen LogP contribution >= 0.6 is 11.3 Å². The zero-order valence-corrected chi connectivity index (χ0v) is 15.5. The molecule has 0 unspecified atom stereocenters. The van der Waals surface area contributed by atoms with Crippen LogP contribution in [0.2, 0.25) is 0 Å². The Morgan fingerprint density at radius 2 is 2.08 bits per heavy atom. The number of amides is 1. The molecule has 5 nitrogen and oxygen atoms in total. The van der Waals surface area contributed by atoms with E-state index in [0.29, 0.717) is 13.2 Å². The van der Waals surface area contributed by atoms with Crippen LogP contribution in [0.3, 0.4) is 0 Å². The molecule has 6 heteroatoms. The number of likely N-dealkylation sites (tertiary alicyclic amines) is 1. The van der Waals surface area contributed by atoms with Crippen molar-refractivity contribution in [3.8, 4) is 0 Å². The number of ether oxygens (including phenoxy) is 1. The SMILES string of the molecule is Cn1cccc1CN1CCC2(CC1)CN(C(=O)c1cccs1)CCO2. The Balaban J connectivity index is 1.37. The van der Waals surface area contributed by atoms with Gasteiger partial charge in [-0.1, -0.05) is 6.07 Å². The molecule has 2 fully saturated rings. The van der Waals surface area contributed by atoms with Crippen molar-refractivity contribution in [2.24, 2.45) is 7.05 Å². The summed E-state index contributed by atoms with van der Waals surface area (Å²) in [5.74, 6) is 0.156. The van der Waals surface area contributed by atoms with Gasteiger partial charge in [0.25, 0.3) is 5.91 Å². The number of thiophene rings is 1. The minimum Gasteiger partial charge on any atom is -0.371 e. The van der Waals surface area contributed by atoms with E-state index in [0.717, 1.165) is 43.9 Å². The van der Waals surface area contributed by atoms with Gasteiger partial charge in [-0.05, 0) is 36.4 Å². The van der Waals surface area contributed by atoms with Crippen LogP contribution < -0.4 is 0 Å². The van der Waals surface area contributed by atoms with E-state index in [1.807, 2.05) is 22.4 Å². The molecule has 1 spiro atoms. The number of carbonyl (C=O) groups is 1. The summed E-state index contributed by atoms with van der Waals surface area (Å²) >= 11 is 1.52. The van der Waals surface area contributed by atoms with Crippen LogP contribution in [-0.4, -0.2) is 58.7 Å². The van der Waals surface area contributed by atoms with Crippen molar-refractivity contribution < 1.29 is 9.53 Å². The van der Waals surface area contributed by atoms with Crippen molar-refractivity contribution in [3.05, 3.63) is 46.4 Å². The molecule has 0 atom stereocenters. The maximum Gasteiger partial charge on any atom is 0.264 e. The van der Waals surface area contributed by atoms with E-state index in [1.165, 1.54) is 17.0 Å². The molecule has 0 bridgehead atoms. The van der Waals surface area contributed by atoms with Crippen molar-refractivity contribution in [2.75, 3.05) is 32.8 Å². The summed E-state index contributed by atoms with van der Waals surface area (Å²) in [7, 11) is 2.10.